The predicted octanol–water partition coefficient (Wildman–Crippen LogP) is 5.81. The van der Waals surface area contributed by atoms with Gasteiger partial charge in [-0.05, 0) is 122 Å². The first-order valence-electron chi connectivity index (χ1n) is 18.6. The van der Waals surface area contributed by atoms with Crippen LogP contribution < -0.4 is 10.6 Å². The number of hydrogen-bond donors (Lipinski definition) is 2. The molecule has 2 aliphatic carbocycles. The van der Waals surface area contributed by atoms with Crippen molar-refractivity contribution >= 4 is 33.2 Å². The third kappa shape index (κ3) is 4.12. The lowest BCUT2D eigenvalue weighted by atomic mass is 9.63. The van der Waals surface area contributed by atoms with E-state index < -0.39 is 11.0 Å². The maximum Gasteiger partial charge on any atom is 0.186 e. The number of anilines is 2. The average molecular weight is 680 g/mol. The molecule has 4 aromatic heterocycles. The molecule has 3 fully saturated rings. The van der Waals surface area contributed by atoms with E-state index in [1.54, 1.807) is 11.3 Å². The molecule has 256 valence electrons. The number of nitrogens with zero attached hydrogens (tertiary/aromatic N) is 8. The minimum absolute atomic E-state index is 0.0991. The van der Waals surface area contributed by atoms with Gasteiger partial charge in [-0.2, -0.15) is 10.4 Å². The van der Waals surface area contributed by atoms with Crippen LogP contribution in [0.2, 0.25) is 0 Å². The molecule has 11 nitrogen and oxygen atoms in total. The molecule has 4 atom stereocenters. The van der Waals surface area contributed by atoms with E-state index in [4.69, 9.17) is 30.5 Å². The van der Waals surface area contributed by atoms with E-state index in [0.29, 0.717) is 28.6 Å². The average Bonchev–Trinajstić information content (AvgIpc) is 3.89. The van der Waals surface area contributed by atoms with Crippen LogP contribution in [0.3, 0.4) is 0 Å². The maximum absolute atomic E-state index is 11.4. The normalized spacial score (nSPS) is 29.3. The second-order valence-electron chi connectivity index (χ2n) is 16.2. The molecule has 4 aliphatic heterocycles. The lowest BCUT2D eigenvalue weighted by Gasteiger charge is -2.43. The number of aliphatic hydroxyl groups is 1. The number of nitriles is 1. The number of piperidine rings is 1. The third-order valence-electron chi connectivity index (χ3n) is 13.5. The molecule has 3 saturated heterocycles. The van der Waals surface area contributed by atoms with E-state index in [1.807, 2.05) is 6.92 Å². The van der Waals surface area contributed by atoms with Crippen molar-refractivity contribution in [1.29, 1.82) is 5.26 Å². The molecule has 6 aliphatic rings. The highest BCUT2D eigenvalue weighted by atomic mass is 32.1. The van der Waals surface area contributed by atoms with E-state index in [2.05, 4.69) is 27.5 Å². The van der Waals surface area contributed by atoms with Crippen LogP contribution in [0.25, 0.3) is 22.6 Å². The predicted molar refractivity (Wildman–Crippen MR) is 188 cm³/mol. The molecule has 49 heavy (non-hydrogen) atoms. The van der Waals surface area contributed by atoms with E-state index in [-0.39, 0.29) is 17.6 Å². The van der Waals surface area contributed by atoms with Crippen LogP contribution in [0.1, 0.15) is 124 Å². The summed E-state index contributed by atoms with van der Waals surface area (Å²) in [6, 6.07) is 2.89. The maximum atomic E-state index is 11.4. The summed E-state index contributed by atoms with van der Waals surface area (Å²) >= 11 is 1.56. The lowest BCUT2D eigenvalue weighted by molar-refractivity contribution is 0.0357. The monoisotopic (exact) mass is 679 g/mol. The Morgan fingerprint density at radius 1 is 1.04 bits per heavy atom. The molecule has 0 saturated carbocycles. The van der Waals surface area contributed by atoms with Crippen LogP contribution in [-0.2, 0) is 24.7 Å². The van der Waals surface area contributed by atoms with Gasteiger partial charge in [-0.1, -0.05) is 5.16 Å². The van der Waals surface area contributed by atoms with Gasteiger partial charge in [0.15, 0.2) is 22.9 Å². The Balaban J connectivity index is 1.18. The van der Waals surface area contributed by atoms with Crippen molar-refractivity contribution in [3.63, 3.8) is 0 Å². The summed E-state index contributed by atoms with van der Waals surface area (Å²) in [5.74, 6) is 2.32. The number of thiophene rings is 1. The number of hydrogen-bond acceptors (Lipinski definition) is 11. The van der Waals surface area contributed by atoms with E-state index in [0.717, 1.165) is 117 Å². The van der Waals surface area contributed by atoms with Crippen LogP contribution in [-0.4, -0.2) is 71.7 Å². The molecule has 8 heterocycles. The largest absolute Gasteiger partial charge is 0.389 e. The zero-order valence-corrected chi connectivity index (χ0v) is 29.4. The molecule has 0 unspecified atom stereocenters. The van der Waals surface area contributed by atoms with Gasteiger partial charge in [0.2, 0.25) is 0 Å². The Hall–Kier alpha value is -3.53. The summed E-state index contributed by atoms with van der Waals surface area (Å²) in [6.07, 6.45) is 14.0. The fourth-order valence-corrected chi connectivity index (χ4v) is 12.3. The Morgan fingerprint density at radius 2 is 1.84 bits per heavy atom. The zero-order valence-electron chi connectivity index (χ0n) is 28.6. The Labute approximate surface area is 290 Å². The van der Waals surface area contributed by atoms with Crippen molar-refractivity contribution in [1.82, 2.24) is 29.8 Å². The first-order chi connectivity index (χ1) is 23.7. The Bertz CT molecular complexity index is 2040. The smallest absolute Gasteiger partial charge is 0.186 e. The molecule has 0 radical (unpaired) electrons. The third-order valence-corrected chi connectivity index (χ3v) is 14.6. The van der Waals surface area contributed by atoms with Gasteiger partial charge in [-0.25, -0.2) is 14.6 Å². The molecule has 0 amide bonds. The van der Waals surface area contributed by atoms with Crippen molar-refractivity contribution in [2.45, 2.75) is 132 Å². The Kier molecular flexibility index (Phi) is 6.49. The molecule has 3 N–H and O–H groups in total. The SMILES string of the molecule is C[C@@H](n1nc2c3c(nc(-c4noc5c4CCC[C@@]54CCCc5sc(N)c(C#N)c54)nc31)N1C[C@](C)(O)CC[C@@H]1CC2)C12CCCN1CCC2. The molecule has 4 aromatic rings. The number of nitrogens with two attached hydrogens (primary N) is 1. The van der Waals surface area contributed by atoms with Crippen LogP contribution in [0.5, 0.6) is 0 Å². The van der Waals surface area contributed by atoms with Crippen LogP contribution in [0.15, 0.2) is 4.52 Å². The summed E-state index contributed by atoms with van der Waals surface area (Å²) in [7, 11) is 0. The van der Waals surface area contributed by atoms with E-state index >= 15 is 0 Å². The van der Waals surface area contributed by atoms with Crippen molar-refractivity contribution < 1.29 is 9.63 Å². The molecular weight excluding hydrogens is 635 g/mol. The van der Waals surface area contributed by atoms with Crippen molar-refractivity contribution in [3.8, 4) is 17.6 Å². The molecule has 12 heteroatoms. The van der Waals surface area contributed by atoms with E-state index in [9.17, 15) is 10.4 Å². The van der Waals surface area contributed by atoms with Gasteiger partial charge in [0, 0.05) is 28.6 Å². The topological polar surface area (TPSA) is 146 Å². The number of nitrogen functional groups attached to an aromatic ring is 1. The minimum atomic E-state index is -0.798. The second-order valence-corrected chi connectivity index (χ2v) is 17.3. The second kappa shape index (κ2) is 10.5. The van der Waals surface area contributed by atoms with Gasteiger partial charge in [0.1, 0.15) is 16.9 Å². The van der Waals surface area contributed by atoms with Gasteiger partial charge < -0.3 is 20.3 Å². The van der Waals surface area contributed by atoms with Crippen LogP contribution in [0.4, 0.5) is 10.8 Å². The van der Waals surface area contributed by atoms with Crippen molar-refractivity contribution in [3.05, 3.63) is 33.0 Å². The van der Waals surface area contributed by atoms with Crippen molar-refractivity contribution in [2.75, 3.05) is 30.3 Å². The van der Waals surface area contributed by atoms with Gasteiger partial charge in [-0.15, -0.1) is 11.3 Å². The Morgan fingerprint density at radius 3 is 2.63 bits per heavy atom. The summed E-state index contributed by atoms with van der Waals surface area (Å²) in [6.45, 7) is 7.14. The molecule has 1 spiro atoms. The highest BCUT2D eigenvalue weighted by Gasteiger charge is 2.51. The molecular formula is C37H45N9O2S. The van der Waals surface area contributed by atoms with Gasteiger partial charge in [0.05, 0.1) is 33.7 Å². The lowest BCUT2D eigenvalue weighted by Crippen LogP contribution is -2.51. The number of aryl methyl sites for hydroxylation is 2. The van der Waals surface area contributed by atoms with Gasteiger partial charge in [0.25, 0.3) is 0 Å². The quantitative estimate of drug-likeness (QED) is 0.272. The standard InChI is InChI=1S/C37H45N9O2S/c1-21(37-14-5-17-44(37)18-6-15-37)46-34-27-25(42-46)10-9-22-11-16-35(2,47)20-45(22)33(27)40-32(41-34)29-23-7-3-12-36(30(23)48-43-29)13-4-8-26-28(36)24(19-38)31(39)49-26/h21-22,47H,3-18,20,39H2,1-2H3/t21-,22+,35-,36+/m1/s1. The fraction of sp³-hybridized carbons (Fsp3) is 0.649. The molecule has 0 aromatic carbocycles. The summed E-state index contributed by atoms with van der Waals surface area (Å²) in [4.78, 5) is 17.1. The van der Waals surface area contributed by atoms with E-state index in [1.165, 1.54) is 30.6 Å². The zero-order chi connectivity index (χ0) is 33.3. The first-order valence-corrected chi connectivity index (χ1v) is 19.4. The summed E-state index contributed by atoms with van der Waals surface area (Å²) in [5.41, 5.74) is 10.7. The van der Waals surface area contributed by atoms with Crippen LogP contribution in [0, 0.1) is 11.3 Å². The minimum Gasteiger partial charge on any atom is -0.389 e. The molecule has 0 bridgehead atoms. The first kappa shape index (κ1) is 30.3. The van der Waals surface area contributed by atoms with Gasteiger partial charge in [-0.3, -0.25) is 4.90 Å². The van der Waals surface area contributed by atoms with Crippen molar-refractivity contribution in [2.24, 2.45) is 0 Å². The molecule has 10 rings (SSSR count). The number of fused-ring (bicyclic) bond motifs is 7. The number of aromatic nitrogens is 5. The highest BCUT2D eigenvalue weighted by molar-refractivity contribution is 7.16. The van der Waals surface area contributed by atoms with Crippen LogP contribution >= 0.6 is 11.3 Å². The number of rotatable bonds is 3. The summed E-state index contributed by atoms with van der Waals surface area (Å²) < 4.78 is 8.66. The summed E-state index contributed by atoms with van der Waals surface area (Å²) in [5, 5.41) is 33.4. The van der Waals surface area contributed by atoms with Gasteiger partial charge >= 0.3 is 0 Å². The highest BCUT2D eigenvalue weighted by Crippen LogP contribution is 2.55. The fourth-order valence-electron chi connectivity index (χ4n) is 11.2.